The molecule has 15 heavy (non-hydrogen) atoms. The molecule has 1 aromatic carbocycles. The molecule has 0 atom stereocenters. The molecule has 0 spiro atoms. The Morgan fingerprint density at radius 1 is 1.33 bits per heavy atom. The van der Waals surface area contributed by atoms with Gasteiger partial charge in [-0.1, -0.05) is 18.2 Å². The van der Waals surface area contributed by atoms with Crippen molar-refractivity contribution >= 4 is 10.8 Å². The first kappa shape index (κ1) is 9.47. The fourth-order valence-electron chi connectivity index (χ4n) is 1.61. The summed E-state index contributed by atoms with van der Waals surface area (Å²) in [6.07, 6.45) is 2.07. The average Bonchev–Trinajstić information content (AvgIpc) is 2.30. The zero-order valence-electron chi connectivity index (χ0n) is 8.40. The van der Waals surface area contributed by atoms with E-state index in [2.05, 4.69) is 11.1 Å². The van der Waals surface area contributed by atoms with Crippen LogP contribution in [0.3, 0.4) is 0 Å². The zero-order valence-corrected chi connectivity index (χ0v) is 8.40. The summed E-state index contributed by atoms with van der Waals surface area (Å²) in [7, 11) is 1.60. The van der Waals surface area contributed by atoms with Gasteiger partial charge in [0.15, 0.2) is 0 Å². The van der Waals surface area contributed by atoms with Crippen LogP contribution in [0.2, 0.25) is 0 Å². The molecule has 0 radical (unpaired) electrons. The zero-order chi connectivity index (χ0) is 10.7. The molecule has 0 saturated carbocycles. The minimum absolute atomic E-state index is 0.373. The first-order valence-corrected chi connectivity index (χ1v) is 4.64. The molecule has 0 amide bonds. The lowest BCUT2D eigenvalue weighted by Crippen LogP contribution is -1.93. The fourth-order valence-corrected chi connectivity index (χ4v) is 1.61. The van der Waals surface area contributed by atoms with E-state index in [9.17, 15) is 0 Å². The Morgan fingerprint density at radius 3 is 2.73 bits per heavy atom. The van der Waals surface area contributed by atoms with E-state index in [1.807, 2.05) is 24.3 Å². The third kappa shape index (κ3) is 1.62. The number of aromatic nitrogens is 1. The van der Waals surface area contributed by atoms with Crippen LogP contribution >= 0.6 is 0 Å². The SMILES string of the molecule is COc1ncc(CC#N)c2ccccc12. The summed E-state index contributed by atoms with van der Waals surface area (Å²) in [5, 5.41) is 10.7. The van der Waals surface area contributed by atoms with Gasteiger partial charge in [0.2, 0.25) is 5.88 Å². The van der Waals surface area contributed by atoms with Crippen molar-refractivity contribution in [2.45, 2.75) is 6.42 Å². The van der Waals surface area contributed by atoms with Gasteiger partial charge >= 0.3 is 0 Å². The van der Waals surface area contributed by atoms with Gasteiger partial charge in [0.05, 0.1) is 19.6 Å². The van der Waals surface area contributed by atoms with Crippen molar-refractivity contribution in [1.82, 2.24) is 4.98 Å². The molecule has 0 fully saturated rings. The largest absolute Gasteiger partial charge is 0.481 e. The lowest BCUT2D eigenvalue weighted by molar-refractivity contribution is 0.403. The Balaban J connectivity index is 2.72. The molecule has 0 saturated heterocycles. The second-order valence-electron chi connectivity index (χ2n) is 3.17. The molecule has 0 unspecified atom stereocenters. The van der Waals surface area contributed by atoms with Crippen molar-refractivity contribution in [2.75, 3.05) is 7.11 Å². The molecule has 0 aliphatic rings. The highest BCUT2D eigenvalue weighted by molar-refractivity contribution is 5.89. The quantitative estimate of drug-likeness (QED) is 0.743. The molecule has 0 N–H and O–H groups in total. The molecule has 1 aromatic heterocycles. The van der Waals surface area contributed by atoms with Crippen LogP contribution in [-0.4, -0.2) is 12.1 Å². The summed E-state index contributed by atoms with van der Waals surface area (Å²) in [5.41, 5.74) is 0.939. The lowest BCUT2D eigenvalue weighted by atomic mass is 10.1. The standard InChI is InChI=1S/C12H10N2O/c1-15-12-11-5-3-2-4-10(11)9(6-7-13)8-14-12/h2-5,8H,6H2,1H3. The van der Waals surface area contributed by atoms with Gasteiger partial charge in [0.1, 0.15) is 0 Å². The van der Waals surface area contributed by atoms with Crippen molar-refractivity contribution in [3.63, 3.8) is 0 Å². The number of fused-ring (bicyclic) bond motifs is 1. The molecule has 2 rings (SSSR count). The molecule has 0 bridgehead atoms. The predicted octanol–water partition coefficient (Wildman–Crippen LogP) is 2.31. The van der Waals surface area contributed by atoms with Crippen LogP contribution in [0.5, 0.6) is 5.88 Å². The Bertz CT molecular complexity index is 529. The average molecular weight is 198 g/mol. The van der Waals surface area contributed by atoms with Crippen LogP contribution in [0.1, 0.15) is 5.56 Å². The molecule has 3 nitrogen and oxygen atoms in total. The Morgan fingerprint density at radius 2 is 2.07 bits per heavy atom. The molecular weight excluding hydrogens is 188 g/mol. The number of nitriles is 1. The van der Waals surface area contributed by atoms with Gasteiger partial charge in [-0.05, 0) is 17.0 Å². The minimum Gasteiger partial charge on any atom is -0.481 e. The summed E-state index contributed by atoms with van der Waals surface area (Å²) in [6.45, 7) is 0. The van der Waals surface area contributed by atoms with Crippen molar-refractivity contribution in [3.8, 4) is 11.9 Å². The third-order valence-electron chi connectivity index (χ3n) is 2.30. The monoisotopic (exact) mass is 198 g/mol. The minimum atomic E-state index is 0.373. The molecule has 1 heterocycles. The van der Waals surface area contributed by atoms with Crippen LogP contribution in [0.25, 0.3) is 10.8 Å². The Hall–Kier alpha value is -2.08. The van der Waals surface area contributed by atoms with Crippen LogP contribution in [-0.2, 0) is 6.42 Å². The predicted molar refractivity (Wildman–Crippen MR) is 57.6 cm³/mol. The topological polar surface area (TPSA) is 45.9 Å². The highest BCUT2D eigenvalue weighted by atomic mass is 16.5. The maximum atomic E-state index is 8.70. The highest BCUT2D eigenvalue weighted by Gasteiger charge is 2.06. The molecule has 74 valence electrons. The van der Waals surface area contributed by atoms with E-state index in [1.54, 1.807) is 13.3 Å². The number of ether oxygens (including phenoxy) is 1. The number of benzene rings is 1. The molecular formula is C12H10N2O. The number of methoxy groups -OCH3 is 1. The van der Waals surface area contributed by atoms with Gasteiger partial charge in [-0.2, -0.15) is 5.26 Å². The van der Waals surface area contributed by atoms with E-state index >= 15 is 0 Å². The van der Waals surface area contributed by atoms with Gasteiger partial charge in [-0.25, -0.2) is 4.98 Å². The van der Waals surface area contributed by atoms with Crippen molar-refractivity contribution in [1.29, 1.82) is 5.26 Å². The van der Waals surface area contributed by atoms with Crippen LogP contribution in [0, 0.1) is 11.3 Å². The van der Waals surface area contributed by atoms with Gasteiger partial charge in [0, 0.05) is 11.6 Å². The Kier molecular flexibility index (Phi) is 2.51. The van der Waals surface area contributed by atoms with E-state index in [-0.39, 0.29) is 0 Å². The van der Waals surface area contributed by atoms with Crippen LogP contribution in [0.15, 0.2) is 30.5 Å². The van der Waals surface area contributed by atoms with Crippen molar-refractivity contribution < 1.29 is 4.74 Å². The van der Waals surface area contributed by atoms with Gasteiger partial charge < -0.3 is 4.74 Å². The summed E-state index contributed by atoms with van der Waals surface area (Å²) >= 11 is 0. The summed E-state index contributed by atoms with van der Waals surface area (Å²) < 4.78 is 5.17. The summed E-state index contributed by atoms with van der Waals surface area (Å²) in [5.74, 6) is 0.604. The van der Waals surface area contributed by atoms with E-state index in [4.69, 9.17) is 10.00 Å². The van der Waals surface area contributed by atoms with Crippen LogP contribution < -0.4 is 4.74 Å². The Labute approximate surface area is 87.9 Å². The smallest absolute Gasteiger partial charge is 0.221 e. The molecule has 2 aromatic rings. The van der Waals surface area contributed by atoms with Gasteiger partial charge in [-0.15, -0.1) is 0 Å². The van der Waals surface area contributed by atoms with E-state index in [1.165, 1.54) is 0 Å². The van der Waals surface area contributed by atoms with Crippen LogP contribution in [0.4, 0.5) is 0 Å². The van der Waals surface area contributed by atoms with Crippen molar-refractivity contribution in [2.24, 2.45) is 0 Å². The molecule has 0 aliphatic carbocycles. The number of hydrogen-bond acceptors (Lipinski definition) is 3. The number of pyridine rings is 1. The molecule has 0 aliphatic heterocycles. The highest BCUT2D eigenvalue weighted by Crippen LogP contribution is 2.25. The first-order valence-electron chi connectivity index (χ1n) is 4.64. The van der Waals surface area contributed by atoms with Crippen molar-refractivity contribution in [3.05, 3.63) is 36.0 Å². The fraction of sp³-hybridized carbons (Fsp3) is 0.167. The van der Waals surface area contributed by atoms with E-state index in [0.717, 1.165) is 16.3 Å². The second kappa shape index (κ2) is 3.97. The van der Waals surface area contributed by atoms with E-state index < -0.39 is 0 Å². The molecule has 3 heteroatoms. The normalized spacial score (nSPS) is 9.87. The van der Waals surface area contributed by atoms with Gasteiger partial charge in [-0.3, -0.25) is 0 Å². The maximum absolute atomic E-state index is 8.70. The first-order chi connectivity index (χ1) is 7.36. The van der Waals surface area contributed by atoms with E-state index in [0.29, 0.717) is 12.3 Å². The number of hydrogen-bond donors (Lipinski definition) is 0. The summed E-state index contributed by atoms with van der Waals surface area (Å²) in [4.78, 5) is 4.17. The second-order valence-corrected chi connectivity index (χ2v) is 3.17. The lowest BCUT2D eigenvalue weighted by Gasteiger charge is -2.06. The summed E-state index contributed by atoms with van der Waals surface area (Å²) in [6, 6.07) is 9.94. The number of nitrogens with zero attached hydrogens (tertiary/aromatic N) is 2. The maximum Gasteiger partial charge on any atom is 0.221 e. The number of rotatable bonds is 2. The van der Waals surface area contributed by atoms with Gasteiger partial charge in [0.25, 0.3) is 0 Å². The third-order valence-corrected chi connectivity index (χ3v) is 2.30.